The largest absolute Gasteiger partial charge is 0.495 e. The van der Waals surface area contributed by atoms with Gasteiger partial charge in [-0.05, 0) is 55.0 Å². The Morgan fingerprint density at radius 3 is 2.63 bits per heavy atom. The van der Waals surface area contributed by atoms with Crippen molar-refractivity contribution in [2.75, 3.05) is 25.1 Å². The van der Waals surface area contributed by atoms with Crippen molar-refractivity contribution in [1.82, 2.24) is 0 Å². The Morgan fingerprint density at radius 1 is 1.15 bits per heavy atom. The number of carbonyl (C=O) groups is 1. The van der Waals surface area contributed by atoms with E-state index >= 15 is 0 Å². The second kappa shape index (κ2) is 7.22. The summed E-state index contributed by atoms with van der Waals surface area (Å²) in [7, 11) is 1.70. The van der Waals surface area contributed by atoms with Crippen LogP contribution in [0.15, 0.2) is 42.0 Å². The Labute approximate surface area is 161 Å². The quantitative estimate of drug-likeness (QED) is 0.716. The molecule has 1 aliphatic carbocycles. The van der Waals surface area contributed by atoms with Crippen molar-refractivity contribution >= 4 is 17.5 Å². The van der Waals surface area contributed by atoms with E-state index in [9.17, 15) is 4.79 Å². The number of hydrogen-bond acceptors (Lipinski definition) is 3. The van der Waals surface area contributed by atoms with Crippen molar-refractivity contribution in [3.05, 3.63) is 64.2 Å². The smallest absolute Gasteiger partial charge is 0.189 e. The first-order valence-electron chi connectivity index (χ1n) is 9.83. The molecule has 0 amide bonds. The summed E-state index contributed by atoms with van der Waals surface area (Å²) in [4.78, 5) is 15.4. The second-order valence-electron chi connectivity index (χ2n) is 7.94. The van der Waals surface area contributed by atoms with E-state index in [1.54, 1.807) is 7.11 Å². The number of Topliss-reactive ketones (excluding diaryl/α,β-unsaturated/α-hetero) is 1. The van der Waals surface area contributed by atoms with Gasteiger partial charge in [0.1, 0.15) is 5.75 Å². The van der Waals surface area contributed by atoms with E-state index in [1.807, 2.05) is 18.2 Å². The zero-order valence-electron chi connectivity index (χ0n) is 16.4. The number of methoxy groups -OCH3 is 1. The third kappa shape index (κ3) is 3.51. The summed E-state index contributed by atoms with van der Waals surface area (Å²) in [6.45, 7) is 6.49. The van der Waals surface area contributed by atoms with Crippen LogP contribution in [-0.2, 0) is 6.42 Å². The molecule has 4 rings (SSSR count). The van der Waals surface area contributed by atoms with E-state index in [0.29, 0.717) is 6.42 Å². The first-order chi connectivity index (χ1) is 13.0. The van der Waals surface area contributed by atoms with Gasteiger partial charge in [0.05, 0.1) is 12.8 Å². The Bertz CT molecular complexity index is 905. The van der Waals surface area contributed by atoms with E-state index < -0.39 is 0 Å². The fraction of sp³-hybridized carbons (Fsp3) is 0.375. The zero-order valence-corrected chi connectivity index (χ0v) is 16.4. The molecule has 0 aromatic heterocycles. The van der Waals surface area contributed by atoms with Gasteiger partial charge in [0.25, 0.3) is 0 Å². The zero-order chi connectivity index (χ0) is 19.0. The van der Waals surface area contributed by atoms with Crippen LogP contribution in [0.2, 0.25) is 0 Å². The number of rotatable bonds is 3. The summed E-state index contributed by atoms with van der Waals surface area (Å²) in [5.74, 6) is 1.73. The molecule has 1 heterocycles. The van der Waals surface area contributed by atoms with Crippen LogP contribution in [-0.4, -0.2) is 26.0 Å². The maximum absolute atomic E-state index is 12.9. The molecule has 0 unspecified atom stereocenters. The summed E-state index contributed by atoms with van der Waals surface area (Å²) in [5.41, 5.74) is 6.20. The molecule has 3 nitrogen and oxygen atoms in total. The summed E-state index contributed by atoms with van der Waals surface area (Å²) in [5, 5.41) is 0. The van der Waals surface area contributed by atoms with E-state index in [4.69, 9.17) is 4.74 Å². The molecule has 27 heavy (non-hydrogen) atoms. The minimum Gasteiger partial charge on any atom is -0.495 e. The molecule has 0 N–H and O–H groups in total. The average molecular weight is 361 g/mol. The molecule has 1 saturated heterocycles. The van der Waals surface area contributed by atoms with E-state index in [2.05, 4.69) is 43.0 Å². The highest BCUT2D eigenvalue weighted by molar-refractivity contribution is 6.16. The topological polar surface area (TPSA) is 29.5 Å². The van der Waals surface area contributed by atoms with Gasteiger partial charge in [-0.15, -0.1) is 0 Å². The monoisotopic (exact) mass is 361 g/mol. The lowest BCUT2D eigenvalue weighted by Crippen LogP contribution is -2.33. The van der Waals surface area contributed by atoms with Crippen LogP contribution in [0.4, 0.5) is 5.69 Å². The third-order valence-electron chi connectivity index (χ3n) is 5.83. The number of hydrogen-bond donors (Lipinski definition) is 0. The van der Waals surface area contributed by atoms with Gasteiger partial charge in [-0.2, -0.15) is 0 Å². The normalized spacial score (nSPS) is 18.9. The molecule has 1 aliphatic heterocycles. The van der Waals surface area contributed by atoms with Crippen molar-refractivity contribution < 1.29 is 9.53 Å². The first kappa shape index (κ1) is 17.8. The summed E-state index contributed by atoms with van der Waals surface area (Å²) < 4.78 is 5.65. The molecule has 2 aliphatic rings. The third-order valence-corrected chi connectivity index (χ3v) is 5.83. The molecule has 2 aromatic carbocycles. The Morgan fingerprint density at radius 2 is 1.93 bits per heavy atom. The number of allylic oxidation sites excluding steroid dienone is 1. The van der Waals surface area contributed by atoms with Crippen molar-refractivity contribution in [2.45, 2.75) is 33.1 Å². The Hall–Kier alpha value is -2.55. The van der Waals surface area contributed by atoms with Gasteiger partial charge in [-0.1, -0.05) is 36.8 Å². The number of aryl methyl sites for hydroxylation is 1. The van der Waals surface area contributed by atoms with Gasteiger partial charge in [-0.25, -0.2) is 0 Å². The number of benzene rings is 2. The number of carbonyl (C=O) groups excluding carboxylic acids is 1. The molecule has 0 saturated carbocycles. The maximum atomic E-state index is 12.9. The predicted molar refractivity (Wildman–Crippen MR) is 111 cm³/mol. The molecular weight excluding hydrogens is 334 g/mol. The van der Waals surface area contributed by atoms with Crippen LogP contribution in [0.5, 0.6) is 5.75 Å². The Balaban J connectivity index is 1.67. The summed E-state index contributed by atoms with van der Waals surface area (Å²) in [6.07, 6.45) is 5.14. The molecule has 140 valence electrons. The molecule has 0 radical (unpaired) electrons. The number of ether oxygens (including phenoxy) is 1. The molecule has 1 fully saturated rings. The van der Waals surface area contributed by atoms with Gasteiger partial charge in [0.15, 0.2) is 5.78 Å². The molecule has 0 atom stereocenters. The van der Waals surface area contributed by atoms with Crippen molar-refractivity contribution in [2.24, 2.45) is 5.92 Å². The molecule has 3 heteroatoms. The van der Waals surface area contributed by atoms with Crippen LogP contribution < -0.4 is 9.64 Å². The van der Waals surface area contributed by atoms with Crippen LogP contribution in [0.3, 0.4) is 0 Å². The fourth-order valence-electron chi connectivity index (χ4n) is 4.17. The molecular formula is C24H27NO2. The van der Waals surface area contributed by atoms with E-state index in [1.165, 1.54) is 18.4 Å². The van der Waals surface area contributed by atoms with Crippen molar-refractivity contribution in [1.29, 1.82) is 0 Å². The van der Waals surface area contributed by atoms with Crippen molar-refractivity contribution in [3.8, 4) is 5.75 Å². The summed E-state index contributed by atoms with van der Waals surface area (Å²) in [6, 6.07) is 12.4. The van der Waals surface area contributed by atoms with Gasteiger partial charge >= 0.3 is 0 Å². The number of ketones is 1. The SMILES string of the molecule is COc1cc2c(cc1N1CCC(C)CC1)C/C(=C\c1cccc(C)c1)C2=O. The van der Waals surface area contributed by atoms with Gasteiger partial charge in [-0.3, -0.25) is 4.79 Å². The standard InChI is InChI=1S/C24H27NO2/c1-16-7-9-25(10-8-16)22-14-19-13-20(12-18-6-4-5-17(2)11-18)24(26)21(19)15-23(22)27-3/h4-6,11-12,14-16H,7-10,13H2,1-3H3/b20-12+. The lowest BCUT2D eigenvalue weighted by Gasteiger charge is -2.33. The number of fused-ring (bicyclic) bond motifs is 1. The maximum Gasteiger partial charge on any atom is 0.189 e. The summed E-state index contributed by atoms with van der Waals surface area (Å²) >= 11 is 0. The highest BCUT2D eigenvalue weighted by Crippen LogP contribution is 2.39. The second-order valence-corrected chi connectivity index (χ2v) is 7.94. The van der Waals surface area contributed by atoms with Crippen molar-refractivity contribution in [3.63, 3.8) is 0 Å². The number of nitrogens with zero attached hydrogens (tertiary/aromatic N) is 1. The van der Waals surface area contributed by atoms with Crippen LogP contribution in [0.25, 0.3) is 6.08 Å². The fourth-order valence-corrected chi connectivity index (χ4v) is 4.17. The van der Waals surface area contributed by atoms with Crippen LogP contribution in [0, 0.1) is 12.8 Å². The van der Waals surface area contributed by atoms with Gasteiger partial charge < -0.3 is 9.64 Å². The lowest BCUT2D eigenvalue weighted by molar-refractivity contribution is 0.104. The molecule has 0 spiro atoms. The van der Waals surface area contributed by atoms with Gasteiger partial charge in [0.2, 0.25) is 0 Å². The first-order valence-corrected chi connectivity index (χ1v) is 9.83. The number of anilines is 1. The molecule has 2 aromatic rings. The van der Waals surface area contributed by atoms with E-state index in [-0.39, 0.29) is 5.78 Å². The van der Waals surface area contributed by atoms with Gasteiger partial charge in [0, 0.05) is 30.6 Å². The molecule has 0 bridgehead atoms. The highest BCUT2D eigenvalue weighted by Gasteiger charge is 2.28. The van der Waals surface area contributed by atoms with Crippen LogP contribution in [0.1, 0.15) is 46.8 Å². The average Bonchev–Trinajstić information content (AvgIpc) is 2.96. The van der Waals surface area contributed by atoms with Crippen LogP contribution >= 0.6 is 0 Å². The lowest BCUT2D eigenvalue weighted by atomic mass is 9.98. The Kier molecular flexibility index (Phi) is 4.77. The predicted octanol–water partition coefficient (Wildman–Crippen LogP) is 5.06. The van der Waals surface area contributed by atoms with E-state index in [0.717, 1.165) is 52.7 Å². The minimum atomic E-state index is 0.128. The highest BCUT2D eigenvalue weighted by atomic mass is 16.5. The number of piperidine rings is 1. The minimum absolute atomic E-state index is 0.128.